The predicted molar refractivity (Wildman–Crippen MR) is 87.9 cm³/mol. The minimum atomic E-state index is 0.883. The van der Waals surface area contributed by atoms with Gasteiger partial charge in [0.25, 0.3) is 0 Å². The highest BCUT2D eigenvalue weighted by molar-refractivity contribution is 5.80. The van der Waals surface area contributed by atoms with Crippen LogP contribution in [-0.4, -0.2) is 12.0 Å². The van der Waals surface area contributed by atoms with Crippen molar-refractivity contribution in [2.24, 2.45) is 0 Å². The Morgan fingerprint density at radius 3 is 2.29 bits per heavy atom. The van der Waals surface area contributed by atoms with Crippen LogP contribution in [0.4, 0.5) is 0 Å². The molecule has 2 nitrogen and oxygen atoms in total. The minimum absolute atomic E-state index is 0.883. The molecule has 21 heavy (non-hydrogen) atoms. The van der Waals surface area contributed by atoms with Crippen molar-refractivity contribution < 1.29 is 0 Å². The lowest BCUT2D eigenvalue weighted by Crippen LogP contribution is -2.04. The summed E-state index contributed by atoms with van der Waals surface area (Å²) in [6.07, 6.45) is 1.85. The van der Waals surface area contributed by atoms with Gasteiger partial charge in [0.05, 0.1) is 5.69 Å². The van der Waals surface area contributed by atoms with Gasteiger partial charge in [-0.25, -0.2) is 0 Å². The fourth-order valence-corrected chi connectivity index (χ4v) is 2.47. The molecular formula is C19H18N2. The third-order valence-corrected chi connectivity index (χ3v) is 3.50. The maximum absolute atomic E-state index is 4.59. The summed E-state index contributed by atoms with van der Waals surface area (Å²) < 4.78 is 0. The maximum atomic E-state index is 4.59. The molecule has 0 amide bonds. The fraction of sp³-hybridized carbons (Fsp3) is 0.105. The average molecular weight is 274 g/mol. The van der Waals surface area contributed by atoms with E-state index < -0.39 is 0 Å². The second-order valence-electron chi connectivity index (χ2n) is 4.99. The summed E-state index contributed by atoms with van der Waals surface area (Å²) in [5, 5.41) is 3.16. The van der Waals surface area contributed by atoms with Crippen LogP contribution in [0.15, 0.2) is 72.9 Å². The zero-order chi connectivity index (χ0) is 14.5. The molecule has 1 heterocycles. The Hall–Kier alpha value is -2.45. The van der Waals surface area contributed by atoms with Crippen molar-refractivity contribution in [3.8, 4) is 22.4 Å². The van der Waals surface area contributed by atoms with Crippen molar-refractivity contribution in [3.05, 3.63) is 78.5 Å². The van der Waals surface area contributed by atoms with E-state index in [-0.39, 0.29) is 0 Å². The molecule has 2 aromatic carbocycles. The topological polar surface area (TPSA) is 24.9 Å². The van der Waals surface area contributed by atoms with Crippen molar-refractivity contribution in [2.45, 2.75) is 6.54 Å². The van der Waals surface area contributed by atoms with Crippen LogP contribution >= 0.6 is 0 Å². The Morgan fingerprint density at radius 1 is 0.810 bits per heavy atom. The first-order valence-corrected chi connectivity index (χ1v) is 7.13. The van der Waals surface area contributed by atoms with Crippen LogP contribution in [0.2, 0.25) is 0 Å². The summed E-state index contributed by atoms with van der Waals surface area (Å²) in [4.78, 5) is 4.59. The average Bonchev–Trinajstić information content (AvgIpc) is 2.57. The minimum Gasteiger partial charge on any atom is -0.316 e. The van der Waals surface area contributed by atoms with Crippen molar-refractivity contribution in [1.82, 2.24) is 10.3 Å². The molecule has 0 aliphatic rings. The van der Waals surface area contributed by atoms with Crippen LogP contribution < -0.4 is 5.32 Å². The molecule has 0 bridgehead atoms. The number of rotatable bonds is 4. The van der Waals surface area contributed by atoms with E-state index >= 15 is 0 Å². The van der Waals surface area contributed by atoms with Crippen LogP contribution in [0.1, 0.15) is 5.56 Å². The molecular weight excluding hydrogens is 256 g/mol. The van der Waals surface area contributed by atoms with E-state index in [1.165, 1.54) is 16.7 Å². The van der Waals surface area contributed by atoms with Crippen molar-refractivity contribution in [3.63, 3.8) is 0 Å². The molecule has 0 fully saturated rings. The molecule has 0 aliphatic carbocycles. The Labute approximate surface area is 125 Å². The first kappa shape index (κ1) is 13.5. The number of nitrogens with one attached hydrogen (secondary N) is 1. The molecule has 0 unspecified atom stereocenters. The van der Waals surface area contributed by atoms with Gasteiger partial charge < -0.3 is 5.32 Å². The lowest BCUT2D eigenvalue weighted by Gasteiger charge is -2.09. The molecule has 1 aromatic heterocycles. The molecule has 3 aromatic rings. The van der Waals surface area contributed by atoms with Crippen LogP contribution in [0.3, 0.4) is 0 Å². The second-order valence-corrected chi connectivity index (χ2v) is 4.99. The number of hydrogen-bond donors (Lipinski definition) is 1. The first-order valence-electron chi connectivity index (χ1n) is 7.13. The highest BCUT2D eigenvalue weighted by Crippen LogP contribution is 2.29. The van der Waals surface area contributed by atoms with Crippen LogP contribution in [-0.2, 0) is 6.54 Å². The Bertz CT molecular complexity index is 703. The van der Waals surface area contributed by atoms with Crippen LogP contribution in [0.5, 0.6) is 0 Å². The molecule has 0 aliphatic heterocycles. The van der Waals surface area contributed by atoms with Crippen molar-refractivity contribution in [1.29, 1.82) is 0 Å². The molecule has 0 atom stereocenters. The van der Waals surface area contributed by atoms with Gasteiger partial charge in [0, 0.05) is 23.9 Å². The molecule has 0 radical (unpaired) electrons. The summed E-state index contributed by atoms with van der Waals surface area (Å²) in [6, 6.07) is 23.1. The van der Waals surface area contributed by atoms with Gasteiger partial charge in [-0.1, -0.05) is 60.7 Å². The third-order valence-electron chi connectivity index (χ3n) is 3.50. The predicted octanol–water partition coefficient (Wildman–Crippen LogP) is 4.14. The van der Waals surface area contributed by atoms with Gasteiger partial charge in [0.2, 0.25) is 0 Å². The molecule has 1 N–H and O–H groups in total. The summed E-state index contributed by atoms with van der Waals surface area (Å²) >= 11 is 0. The Balaban J connectivity index is 2.03. The van der Waals surface area contributed by atoms with Crippen LogP contribution in [0.25, 0.3) is 22.4 Å². The SMILES string of the molecule is CNCc1ccc(-c2ncccc2-c2ccccc2)cc1. The quantitative estimate of drug-likeness (QED) is 0.773. The number of aromatic nitrogens is 1. The molecule has 2 heteroatoms. The Morgan fingerprint density at radius 2 is 1.57 bits per heavy atom. The summed E-state index contributed by atoms with van der Waals surface area (Å²) in [6.45, 7) is 0.883. The van der Waals surface area contributed by atoms with Crippen LogP contribution in [0, 0.1) is 0 Å². The summed E-state index contributed by atoms with van der Waals surface area (Å²) in [5.74, 6) is 0. The van der Waals surface area contributed by atoms with Gasteiger partial charge in [-0.05, 0) is 24.2 Å². The standard InChI is InChI=1S/C19H18N2/c1-20-14-15-9-11-17(12-10-15)19-18(8-5-13-21-19)16-6-3-2-4-7-16/h2-13,20H,14H2,1H3. The molecule has 0 saturated heterocycles. The van der Waals surface area contributed by atoms with Gasteiger partial charge in [-0.15, -0.1) is 0 Å². The second kappa shape index (κ2) is 6.33. The van der Waals surface area contributed by atoms with Gasteiger partial charge in [-0.3, -0.25) is 4.98 Å². The van der Waals surface area contributed by atoms with Gasteiger partial charge in [0.15, 0.2) is 0 Å². The maximum Gasteiger partial charge on any atom is 0.0780 e. The van der Waals surface area contributed by atoms with Crippen molar-refractivity contribution >= 4 is 0 Å². The van der Waals surface area contributed by atoms with Crippen molar-refractivity contribution in [2.75, 3.05) is 7.05 Å². The van der Waals surface area contributed by atoms with E-state index in [1.807, 2.05) is 25.4 Å². The smallest absolute Gasteiger partial charge is 0.0780 e. The number of hydrogen-bond acceptors (Lipinski definition) is 2. The van der Waals surface area contributed by atoms with E-state index in [9.17, 15) is 0 Å². The summed E-state index contributed by atoms with van der Waals surface area (Å²) in [7, 11) is 1.96. The first-order chi connectivity index (χ1) is 10.4. The summed E-state index contributed by atoms with van der Waals surface area (Å²) in [5.41, 5.74) is 5.81. The molecule has 104 valence electrons. The molecule has 0 spiro atoms. The van der Waals surface area contributed by atoms with Gasteiger partial charge >= 0.3 is 0 Å². The van der Waals surface area contributed by atoms with E-state index in [2.05, 4.69) is 64.9 Å². The van der Waals surface area contributed by atoms with E-state index in [0.29, 0.717) is 0 Å². The highest BCUT2D eigenvalue weighted by Gasteiger charge is 2.07. The lowest BCUT2D eigenvalue weighted by atomic mass is 9.99. The Kier molecular flexibility index (Phi) is 4.08. The molecule has 3 rings (SSSR count). The molecule has 0 saturated carbocycles. The number of nitrogens with zero attached hydrogens (tertiary/aromatic N) is 1. The van der Waals surface area contributed by atoms with Gasteiger partial charge in [-0.2, -0.15) is 0 Å². The monoisotopic (exact) mass is 274 g/mol. The third kappa shape index (κ3) is 3.01. The van der Waals surface area contributed by atoms with E-state index in [1.54, 1.807) is 0 Å². The highest BCUT2D eigenvalue weighted by atomic mass is 14.8. The number of pyridine rings is 1. The largest absolute Gasteiger partial charge is 0.316 e. The fourth-order valence-electron chi connectivity index (χ4n) is 2.47. The lowest BCUT2D eigenvalue weighted by molar-refractivity contribution is 0.818. The zero-order valence-electron chi connectivity index (χ0n) is 12.1. The number of benzene rings is 2. The van der Waals surface area contributed by atoms with E-state index in [4.69, 9.17) is 0 Å². The van der Waals surface area contributed by atoms with E-state index in [0.717, 1.165) is 17.8 Å². The zero-order valence-corrected chi connectivity index (χ0v) is 12.1. The van der Waals surface area contributed by atoms with Gasteiger partial charge in [0.1, 0.15) is 0 Å². The normalized spacial score (nSPS) is 10.5.